The fourth-order valence-corrected chi connectivity index (χ4v) is 1.67. The maximum atomic E-state index is 13.2. The van der Waals surface area contributed by atoms with Gasteiger partial charge in [0, 0.05) is 12.6 Å². The van der Waals surface area contributed by atoms with Gasteiger partial charge in [-0.05, 0) is 31.5 Å². The normalized spacial score (nSPS) is 10.8. The Bertz CT molecular complexity index is 543. The van der Waals surface area contributed by atoms with Gasteiger partial charge in [-0.1, -0.05) is 6.07 Å². The number of imidazole rings is 1. The molecule has 1 aromatic heterocycles. The molecule has 2 aromatic rings. The average molecular weight is 219 g/mol. The maximum Gasteiger partial charge on any atom is 0.131 e. The van der Waals surface area contributed by atoms with Crippen molar-refractivity contribution in [3.05, 3.63) is 35.4 Å². The highest BCUT2D eigenvalue weighted by Gasteiger charge is 2.13. The Labute approximate surface area is 93.7 Å². The van der Waals surface area contributed by atoms with E-state index in [2.05, 4.69) is 4.98 Å². The molecule has 0 aliphatic carbocycles. The van der Waals surface area contributed by atoms with Crippen LogP contribution in [0.4, 0.5) is 10.2 Å². The highest BCUT2D eigenvalue weighted by molar-refractivity contribution is 5.73. The third kappa shape index (κ3) is 1.56. The number of hydrogen-bond acceptors (Lipinski definition) is 2. The van der Waals surface area contributed by atoms with Crippen molar-refractivity contribution in [2.45, 2.75) is 13.8 Å². The lowest BCUT2D eigenvalue weighted by atomic mass is 10.1. The number of nitrogens with two attached hydrogens (primary N) is 1. The molecule has 0 aliphatic rings. The Kier molecular flexibility index (Phi) is 2.42. The summed E-state index contributed by atoms with van der Waals surface area (Å²) in [5.41, 5.74) is 8.30. The van der Waals surface area contributed by atoms with Gasteiger partial charge in [-0.15, -0.1) is 0 Å². The van der Waals surface area contributed by atoms with Crippen molar-refractivity contribution in [1.29, 1.82) is 0 Å². The molecule has 1 aromatic carbocycles. The van der Waals surface area contributed by atoms with Crippen LogP contribution in [0, 0.1) is 19.7 Å². The summed E-state index contributed by atoms with van der Waals surface area (Å²) in [6.07, 6.45) is 0. The fourth-order valence-electron chi connectivity index (χ4n) is 1.67. The van der Waals surface area contributed by atoms with Gasteiger partial charge in [0.1, 0.15) is 23.2 Å². The van der Waals surface area contributed by atoms with E-state index in [9.17, 15) is 4.39 Å². The van der Waals surface area contributed by atoms with Gasteiger partial charge in [0.25, 0.3) is 0 Å². The van der Waals surface area contributed by atoms with E-state index < -0.39 is 0 Å². The molecule has 0 amide bonds. The second kappa shape index (κ2) is 3.63. The van der Waals surface area contributed by atoms with Crippen LogP contribution in [0.5, 0.6) is 0 Å². The first-order valence-corrected chi connectivity index (χ1v) is 5.06. The highest BCUT2D eigenvalue weighted by Crippen LogP contribution is 2.28. The molecule has 4 heteroatoms. The minimum atomic E-state index is -0.275. The van der Waals surface area contributed by atoms with Crippen LogP contribution in [0.3, 0.4) is 0 Å². The van der Waals surface area contributed by atoms with Gasteiger partial charge in [-0.2, -0.15) is 0 Å². The second-order valence-electron chi connectivity index (χ2n) is 3.91. The summed E-state index contributed by atoms with van der Waals surface area (Å²) >= 11 is 0. The van der Waals surface area contributed by atoms with Gasteiger partial charge < -0.3 is 10.3 Å². The lowest BCUT2D eigenvalue weighted by Gasteiger charge is -2.04. The Hall–Kier alpha value is -1.84. The van der Waals surface area contributed by atoms with Crippen LogP contribution in [0.2, 0.25) is 0 Å². The number of nitrogens with zero attached hydrogens (tertiary/aromatic N) is 2. The summed E-state index contributed by atoms with van der Waals surface area (Å²) in [6, 6.07) is 4.63. The quantitative estimate of drug-likeness (QED) is 0.800. The first-order valence-electron chi connectivity index (χ1n) is 5.06. The summed E-state index contributed by atoms with van der Waals surface area (Å²) in [7, 11) is 1.84. The van der Waals surface area contributed by atoms with Crippen LogP contribution in [0.15, 0.2) is 18.2 Å². The standard InChI is InChI=1S/C12H14FN3/c1-7-4-5-9(13)6-10(7)11-12(14)16(3)8(2)15-11/h4-6H,14H2,1-3H3. The molecule has 0 spiro atoms. The molecule has 0 saturated carbocycles. The molecule has 0 radical (unpaired) electrons. The molecule has 1 heterocycles. The number of rotatable bonds is 1. The summed E-state index contributed by atoms with van der Waals surface area (Å²) in [4.78, 5) is 4.35. The highest BCUT2D eigenvalue weighted by atomic mass is 19.1. The van der Waals surface area contributed by atoms with E-state index in [0.29, 0.717) is 11.5 Å². The lowest BCUT2D eigenvalue weighted by molar-refractivity contribution is 0.628. The largest absolute Gasteiger partial charge is 0.383 e. The van der Waals surface area contributed by atoms with E-state index in [-0.39, 0.29) is 5.82 Å². The summed E-state index contributed by atoms with van der Waals surface area (Å²) < 4.78 is 15.0. The van der Waals surface area contributed by atoms with E-state index in [1.165, 1.54) is 12.1 Å². The first kappa shape index (κ1) is 10.7. The molecule has 0 fully saturated rings. The Morgan fingerprint density at radius 1 is 1.31 bits per heavy atom. The topological polar surface area (TPSA) is 43.8 Å². The van der Waals surface area contributed by atoms with Gasteiger partial charge >= 0.3 is 0 Å². The van der Waals surface area contributed by atoms with E-state index in [1.54, 1.807) is 10.6 Å². The third-order valence-electron chi connectivity index (χ3n) is 2.82. The van der Waals surface area contributed by atoms with Crippen molar-refractivity contribution >= 4 is 5.82 Å². The number of nitrogen functional groups attached to an aromatic ring is 1. The van der Waals surface area contributed by atoms with Crippen molar-refractivity contribution in [3.8, 4) is 11.3 Å². The van der Waals surface area contributed by atoms with Crippen LogP contribution in [-0.2, 0) is 7.05 Å². The molecule has 0 atom stereocenters. The van der Waals surface area contributed by atoms with E-state index in [1.807, 2.05) is 20.9 Å². The molecule has 3 nitrogen and oxygen atoms in total. The van der Waals surface area contributed by atoms with Crippen LogP contribution in [0.25, 0.3) is 11.3 Å². The first-order chi connectivity index (χ1) is 7.50. The molecule has 16 heavy (non-hydrogen) atoms. The molecule has 2 N–H and O–H groups in total. The number of aromatic nitrogens is 2. The number of halogens is 1. The SMILES string of the molecule is Cc1ccc(F)cc1-c1nc(C)n(C)c1N. The average Bonchev–Trinajstić information content (AvgIpc) is 2.50. The molecule has 0 bridgehead atoms. The maximum absolute atomic E-state index is 13.2. The van der Waals surface area contributed by atoms with Crippen molar-refractivity contribution in [1.82, 2.24) is 9.55 Å². The Morgan fingerprint density at radius 3 is 2.56 bits per heavy atom. The van der Waals surface area contributed by atoms with Crippen molar-refractivity contribution in [2.75, 3.05) is 5.73 Å². The monoisotopic (exact) mass is 219 g/mol. The Balaban J connectivity index is 2.67. The molecule has 84 valence electrons. The number of anilines is 1. The lowest BCUT2D eigenvalue weighted by Crippen LogP contribution is -1.98. The van der Waals surface area contributed by atoms with Crippen molar-refractivity contribution in [2.24, 2.45) is 7.05 Å². The second-order valence-corrected chi connectivity index (χ2v) is 3.91. The molecule has 0 aliphatic heterocycles. The van der Waals surface area contributed by atoms with Crippen molar-refractivity contribution in [3.63, 3.8) is 0 Å². The number of aryl methyl sites for hydroxylation is 2. The molecular formula is C12H14FN3. The third-order valence-corrected chi connectivity index (χ3v) is 2.82. The Morgan fingerprint density at radius 2 is 2.00 bits per heavy atom. The van der Waals surface area contributed by atoms with Crippen molar-refractivity contribution < 1.29 is 4.39 Å². The molecule has 0 saturated heterocycles. The van der Waals surface area contributed by atoms with Gasteiger partial charge in [-0.3, -0.25) is 0 Å². The fraction of sp³-hybridized carbons (Fsp3) is 0.250. The minimum Gasteiger partial charge on any atom is -0.383 e. The van der Waals surface area contributed by atoms with Gasteiger partial charge in [0.05, 0.1) is 0 Å². The van der Waals surface area contributed by atoms with Crippen LogP contribution in [0.1, 0.15) is 11.4 Å². The number of hydrogen-bond donors (Lipinski definition) is 1. The van der Waals surface area contributed by atoms with Crippen LogP contribution < -0.4 is 5.73 Å². The van der Waals surface area contributed by atoms with Gasteiger partial charge in [-0.25, -0.2) is 9.37 Å². The predicted octanol–water partition coefficient (Wildman–Crippen LogP) is 2.43. The molecule has 0 unspecified atom stereocenters. The zero-order chi connectivity index (χ0) is 11.9. The van der Waals surface area contributed by atoms with Crippen LogP contribution in [-0.4, -0.2) is 9.55 Å². The van der Waals surface area contributed by atoms with E-state index >= 15 is 0 Å². The zero-order valence-electron chi connectivity index (χ0n) is 9.58. The van der Waals surface area contributed by atoms with Gasteiger partial charge in [0.2, 0.25) is 0 Å². The van der Waals surface area contributed by atoms with Crippen LogP contribution >= 0.6 is 0 Å². The predicted molar refractivity (Wildman–Crippen MR) is 62.5 cm³/mol. The summed E-state index contributed by atoms with van der Waals surface area (Å²) in [6.45, 7) is 3.78. The molecule has 2 rings (SSSR count). The summed E-state index contributed by atoms with van der Waals surface area (Å²) in [5.74, 6) is 1.10. The van der Waals surface area contributed by atoms with Gasteiger partial charge in [0.15, 0.2) is 0 Å². The minimum absolute atomic E-state index is 0.275. The number of benzene rings is 1. The zero-order valence-corrected chi connectivity index (χ0v) is 9.58. The van der Waals surface area contributed by atoms with E-state index in [0.717, 1.165) is 17.0 Å². The van der Waals surface area contributed by atoms with E-state index in [4.69, 9.17) is 5.73 Å². The smallest absolute Gasteiger partial charge is 0.131 e. The molecular weight excluding hydrogens is 205 g/mol. The summed E-state index contributed by atoms with van der Waals surface area (Å²) in [5, 5.41) is 0.